The van der Waals surface area contributed by atoms with Crippen LogP contribution in [0, 0.1) is 5.41 Å². The highest BCUT2D eigenvalue weighted by Gasteiger charge is 2.45. The molecule has 1 atom stereocenters. The number of aromatic nitrogens is 2. The molecule has 0 bridgehead atoms. The van der Waals surface area contributed by atoms with Crippen LogP contribution < -0.4 is 10.5 Å². The predicted octanol–water partition coefficient (Wildman–Crippen LogP) is 2.47. The van der Waals surface area contributed by atoms with Gasteiger partial charge in [0, 0.05) is 19.5 Å². The van der Waals surface area contributed by atoms with Gasteiger partial charge in [-0.25, -0.2) is 4.98 Å². The lowest BCUT2D eigenvalue weighted by Crippen LogP contribution is -2.47. The number of rotatable bonds is 4. The summed E-state index contributed by atoms with van der Waals surface area (Å²) in [4.78, 5) is 8.55. The number of hydrogen-bond acceptors (Lipinski definition) is 5. The van der Waals surface area contributed by atoms with Gasteiger partial charge in [-0.1, -0.05) is 13.8 Å². The molecule has 2 rings (SSSR count). The smallest absolute Gasteiger partial charge is 0.237 e. The summed E-state index contributed by atoms with van der Waals surface area (Å²) < 4.78 is 11.1. The molecule has 1 aliphatic carbocycles. The molecule has 0 saturated heterocycles. The maximum atomic E-state index is 6.47. The van der Waals surface area contributed by atoms with Crippen LogP contribution in [0.5, 0.6) is 5.88 Å². The van der Waals surface area contributed by atoms with E-state index in [9.17, 15) is 0 Å². The lowest BCUT2D eigenvalue weighted by molar-refractivity contribution is -0.0806. The Hall–Kier alpha value is -1.20. The molecular formula is C15H25N3O2. The standard InChI is InChI=1S/C15H25N3O2/c1-14(2)5-7-15(20-4,8-6-14)12(16)11-13(19-3)18-10-9-17-11/h9-10,12H,5-8,16H2,1-4H3. The first kappa shape index (κ1) is 15.2. The minimum atomic E-state index is -0.376. The second kappa shape index (κ2) is 5.66. The third-order valence-electron chi connectivity index (χ3n) is 4.60. The summed E-state index contributed by atoms with van der Waals surface area (Å²) in [6.07, 6.45) is 7.30. The average molecular weight is 279 g/mol. The van der Waals surface area contributed by atoms with E-state index in [-0.39, 0.29) is 11.6 Å². The highest BCUT2D eigenvalue weighted by atomic mass is 16.5. The van der Waals surface area contributed by atoms with E-state index >= 15 is 0 Å². The number of hydrogen-bond donors (Lipinski definition) is 1. The van der Waals surface area contributed by atoms with E-state index in [0.717, 1.165) is 25.7 Å². The fourth-order valence-corrected chi connectivity index (χ4v) is 2.95. The molecule has 5 heteroatoms. The molecule has 20 heavy (non-hydrogen) atoms. The molecule has 112 valence electrons. The Labute approximate surface area is 120 Å². The minimum absolute atomic E-state index is 0.327. The zero-order valence-electron chi connectivity index (χ0n) is 12.8. The van der Waals surface area contributed by atoms with Gasteiger partial charge in [0.2, 0.25) is 5.88 Å². The molecule has 2 N–H and O–H groups in total. The van der Waals surface area contributed by atoms with Crippen LogP contribution in [0.2, 0.25) is 0 Å². The van der Waals surface area contributed by atoms with E-state index in [1.165, 1.54) is 0 Å². The van der Waals surface area contributed by atoms with Crippen LogP contribution in [0.3, 0.4) is 0 Å². The van der Waals surface area contributed by atoms with Gasteiger partial charge in [-0.15, -0.1) is 0 Å². The Morgan fingerprint density at radius 2 is 1.70 bits per heavy atom. The van der Waals surface area contributed by atoms with Crippen LogP contribution in [-0.2, 0) is 4.74 Å². The van der Waals surface area contributed by atoms with Crippen LogP contribution in [0.4, 0.5) is 0 Å². The van der Waals surface area contributed by atoms with Crippen LogP contribution in [0.25, 0.3) is 0 Å². The zero-order chi connectivity index (χ0) is 14.8. The molecule has 1 aromatic heterocycles. The number of nitrogens with zero attached hydrogens (tertiary/aromatic N) is 2. The van der Waals surface area contributed by atoms with Crippen LogP contribution in [-0.4, -0.2) is 29.8 Å². The van der Waals surface area contributed by atoms with Gasteiger partial charge in [0.15, 0.2) is 0 Å². The molecule has 0 radical (unpaired) electrons. The van der Waals surface area contributed by atoms with Gasteiger partial charge in [-0.05, 0) is 31.1 Å². The van der Waals surface area contributed by atoms with Crippen molar-refractivity contribution in [3.05, 3.63) is 18.1 Å². The molecule has 0 aliphatic heterocycles. The summed E-state index contributed by atoms with van der Waals surface area (Å²) in [6.45, 7) is 4.59. The number of methoxy groups -OCH3 is 2. The van der Waals surface area contributed by atoms with Gasteiger partial charge in [-0.3, -0.25) is 4.98 Å². The van der Waals surface area contributed by atoms with Gasteiger partial charge >= 0.3 is 0 Å². The van der Waals surface area contributed by atoms with Crippen molar-refractivity contribution in [1.82, 2.24) is 9.97 Å². The Kier molecular flexibility index (Phi) is 4.30. The third-order valence-corrected chi connectivity index (χ3v) is 4.60. The normalized spacial score (nSPS) is 22.2. The minimum Gasteiger partial charge on any atom is -0.480 e. The fourth-order valence-electron chi connectivity index (χ4n) is 2.95. The lowest BCUT2D eigenvalue weighted by atomic mass is 9.68. The molecule has 1 fully saturated rings. The third kappa shape index (κ3) is 2.79. The van der Waals surface area contributed by atoms with E-state index in [1.807, 2.05) is 0 Å². The van der Waals surface area contributed by atoms with Gasteiger partial charge in [0.25, 0.3) is 0 Å². The maximum absolute atomic E-state index is 6.47. The summed E-state index contributed by atoms with van der Waals surface area (Å²) >= 11 is 0. The highest BCUT2D eigenvalue weighted by Crippen LogP contribution is 2.47. The summed E-state index contributed by atoms with van der Waals surface area (Å²) in [5, 5.41) is 0. The molecule has 1 aliphatic rings. The Bertz CT molecular complexity index is 452. The molecule has 5 nitrogen and oxygen atoms in total. The Morgan fingerprint density at radius 3 is 2.25 bits per heavy atom. The van der Waals surface area contributed by atoms with Crippen molar-refractivity contribution in [2.24, 2.45) is 11.1 Å². The largest absolute Gasteiger partial charge is 0.480 e. The van der Waals surface area contributed by atoms with E-state index in [4.69, 9.17) is 15.2 Å². The van der Waals surface area contributed by atoms with Crippen molar-refractivity contribution in [3.8, 4) is 5.88 Å². The first-order chi connectivity index (χ1) is 9.44. The molecule has 1 saturated carbocycles. The Morgan fingerprint density at radius 1 is 1.10 bits per heavy atom. The van der Waals surface area contributed by atoms with Crippen LogP contribution >= 0.6 is 0 Å². The van der Waals surface area contributed by atoms with E-state index < -0.39 is 0 Å². The number of ether oxygens (including phenoxy) is 2. The number of nitrogens with two attached hydrogens (primary N) is 1. The van der Waals surface area contributed by atoms with Crippen molar-refractivity contribution < 1.29 is 9.47 Å². The van der Waals surface area contributed by atoms with Crippen LogP contribution in [0.15, 0.2) is 12.4 Å². The summed E-state index contributed by atoms with van der Waals surface area (Å²) in [7, 11) is 3.32. The molecule has 1 unspecified atom stereocenters. The molecule has 0 aromatic carbocycles. The van der Waals surface area contributed by atoms with Crippen molar-refractivity contribution in [3.63, 3.8) is 0 Å². The van der Waals surface area contributed by atoms with Crippen molar-refractivity contribution >= 4 is 0 Å². The molecule has 1 heterocycles. The Balaban J connectivity index is 2.27. The molecule has 0 spiro atoms. The summed E-state index contributed by atoms with van der Waals surface area (Å²) in [5.41, 5.74) is 7.13. The predicted molar refractivity (Wildman–Crippen MR) is 77.5 cm³/mol. The molecular weight excluding hydrogens is 254 g/mol. The molecule has 1 aromatic rings. The fraction of sp³-hybridized carbons (Fsp3) is 0.733. The van der Waals surface area contributed by atoms with E-state index in [0.29, 0.717) is 17.0 Å². The first-order valence-corrected chi connectivity index (χ1v) is 7.10. The maximum Gasteiger partial charge on any atom is 0.237 e. The van der Waals surface area contributed by atoms with Crippen molar-refractivity contribution in [1.29, 1.82) is 0 Å². The van der Waals surface area contributed by atoms with E-state index in [2.05, 4.69) is 23.8 Å². The summed E-state index contributed by atoms with van der Waals surface area (Å²) in [5.74, 6) is 0.487. The van der Waals surface area contributed by atoms with E-state index in [1.54, 1.807) is 26.6 Å². The zero-order valence-corrected chi connectivity index (χ0v) is 12.8. The lowest BCUT2D eigenvalue weighted by Gasteiger charge is -2.45. The van der Waals surface area contributed by atoms with Gasteiger partial charge in [-0.2, -0.15) is 0 Å². The second-order valence-electron chi connectivity index (χ2n) is 6.36. The quantitative estimate of drug-likeness (QED) is 0.916. The average Bonchev–Trinajstić information content (AvgIpc) is 2.47. The van der Waals surface area contributed by atoms with Crippen molar-refractivity contribution in [2.45, 2.75) is 51.2 Å². The second-order valence-corrected chi connectivity index (χ2v) is 6.36. The van der Waals surface area contributed by atoms with Crippen LogP contribution in [0.1, 0.15) is 51.3 Å². The monoisotopic (exact) mass is 279 g/mol. The SMILES string of the molecule is COc1nccnc1C(N)C1(OC)CCC(C)(C)CC1. The van der Waals surface area contributed by atoms with Crippen molar-refractivity contribution in [2.75, 3.05) is 14.2 Å². The first-order valence-electron chi connectivity index (χ1n) is 7.10. The summed E-state index contributed by atoms with van der Waals surface area (Å²) in [6, 6.07) is -0.327. The van der Waals surface area contributed by atoms with Gasteiger partial charge < -0.3 is 15.2 Å². The highest BCUT2D eigenvalue weighted by molar-refractivity contribution is 5.24. The molecule has 0 amide bonds. The van der Waals surface area contributed by atoms with Gasteiger partial charge in [0.05, 0.1) is 18.8 Å². The topological polar surface area (TPSA) is 70.3 Å². The van der Waals surface area contributed by atoms with Gasteiger partial charge in [0.1, 0.15) is 5.69 Å².